The number of hydrogen-bond acceptors (Lipinski definition) is 6. The maximum absolute atomic E-state index is 11.9. The van der Waals surface area contributed by atoms with E-state index in [2.05, 4.69) is 20.4 Å². The number of phenolic OH excluding ortho intramolecular Hbond substituents is 1. The zero-order valence-electron chi connectivity index (χ0n) is 12.1. The number of aromatic hydroxyl groups is 1. The molecule has 0 unspecified atom stereocenters. The molecule has 0 saturated carbocycles. The maximum Gasteiger partial charge on any atom is 0.292 e. The molecule has 3 N–H and O–H groups in total. The van der Waals surface area contributed by atoms with Gasteiger partial charge in [-0.3, -0.25) is 25.1 Å². The number of H-pyrrole nitrogens is 2. The Hall–Kier alpha value is -3.75. The van der Waals surface area contributed by atoms with Crippen LogP contribution in [0.1, 0.15) is 0 Å². The Balaban J connectivity index is 2.01. The topological polar surface area (TPSA) is 137 Å². The summed E-state index contributed by atoms with van der Waals surface area (Å²) in [7, 11) is 0. The minimum atomic E-state index is -0.546. The normalized spacial score (nSPS) is 11.0. The number of para-hydroxylation sites is 1. The molecule has 1 heterocycles. The zero-order chi connectivity index (χ0) is 17.1. The fourth-order valence-corrected chi connectivity index (χ4v) is 2.10. The summed E-state index contributed by atoms with van der Waals surface area (Å²) >= 11 is 0. The van der Waals surface area contributed by atoms with Crippen LogP contribution in [0.2, 0.25) is 0 Å². The number of aromatic nitrogens is 2. The second-order valence-corrected chi connectivity index (χ2v) is 4.80. The van der Waals surface area contributed by atoms with Crippen LogP contribution in [0.5, 0.6) is 5.75 Å². The Morgan fingerprint density at radius 2 is 1.83 bits per heavy atom. The summed E-state index contributed by atoms with van der Waals surface area (Å²) in [5.74, 6) is -0.0282. The minimum Gasteiger partial charge on any atom is -0.507 e. The third kappa shape index (κ3) is 2.90. The third-order valence-electron chi connectivity index (χ3n) is 3.23. The van der Waals surface area contributed by atoms with Gasteiger partial charge in [0, 0.05) is 17.7 Å². The standard InChI is InChI=1S/C15H11N5O4/c21-12-7-2-1-6-11(12)13-14(15(22)19-17-13)18-16-9-4-3-5-10(8-9)20(23)24/h1-8,21H,(H2,17,19,22). The van der Waals surface area contributed by atoms with E-state index >= 15 is 0 Å². The summed E-state index contributed by atoms with van der Waals surface area (Å²) < 4.78 is 0. The van der Waals surface area contributed by atoms with Gasteiger partial charge in [-0.05, 0) is 18.2 Å². The average Bonchev–Trinajstić information content (AvgIpc) is 2.94. The van der Waals surface area contributed by atoms with Gasteiger partial charge in [0.25, 0.3) is 11.2 Å². The van der Waals surface area contributed by atoms with Crippen molar-refractivity contribution in [1.82, 2.24) is 10.2 Å². The molecule has 2 aromatic carbocycles. The monoisotopic (exact) mass is 325 g/mol. The maximum atomic E-state index is 11.9. The lowest BCUT2D eigenvalue weighted by atomic mass is 10.1. The summed E-state index contributed by atoms with van der Waals surface area (Å²) in [6, 6.07) is 12.0. The molecule has 120 valence electrons. The Morgan fingerprint density at radius 1 is 1.04 bits per heavy atom. The van der Waals surface area contributed by atoms with Crippen molar-refractivity contribution < 1.29 is 10.0 Å². The largest absolute Gasteiger partial charge is 0.507 e. The van der Waals surface area contributed by atoms with Crippen LogP contribution >= 0.6 is 0 Å². The average molecular weight is 325 g/mol. The summed E-state index contributed by atoms with van der Waals surface area (Å²) in [4.78, 5) is 22.1. The second-order valence-electron chi connectivity index (χ2n) is 4.80. The molecule has 0 fully saturated rings. The zero-order valence-corrected chi connectivity index (χ0v) is 12.1. The third-order valence-corrected chi connectivity index (χ3v) is 3.23. The molecule has 0 amide bonds. The molecule has 0 aliphatic carbocycles. The van der Waals surface area contributed by atoms with E-state index in [1.807, 2.05) is 0 Å². The summed E-state index contributed by atoms with van der Waals surface area (Å²) in [6.45, 7) is 0. The molecule has 1 aromatic heterocycles. The number of nitrogens with one attached hydrogen (secondary N) is 2. The highest BCUT2D eigenvalue weighted by atomic mass is 16.6. The van der Waals surface area contributed by atoms with Crippen LogP contribution in [0.3, 0.4) is 0 Å². The first-order valence-electron chi connectivity index (χ1n) is 6.81. The number of nitrogens with zero attached hydrogens (tertiary/aromatic N) is 3. The number of non-ortho nitro benzene ring substituents is 1. The number of hydrogen-bond donors (Lipinski definition) is 3. The molecule has 9 heteroatoms. The molecule has 0 bridgehead atoms. The number of benzene rings is 2. The quantitative estimate of drug-likeness (QED) is 0.384. The Morgan fingerprint density at radius 3 is 2.58 bits per heavy atom. The lowest BCUT2D eigenvalue weighted by molar-refractivity contribution is -0.384. The van der Waals surface area contributed by atoms with E-state index < -0.39 is 10.5 Å². The molecule has 0 aliphatic rings. The fourth-order valence-electron chi connectivity index (χ4n) is 2.10. The Bertz CT molecular complexity index is 989. The fraction of sp³-hybridized carbons (Fsp3) is 0. The van der Waals surface area contributed by atoms with E-state index in [1.165, 1.54) is 30.3 Å². The number of phenols is 1. The highest BCUT2D eigenvalue weighted by molar-refractivity contribution is 5.75. The molecule has 0 atom stereocenters. The van der Waals surface area contributed by atoms with Crippen molar-refractivity contribution in [3.63, 3.8) is 0 Å². The molecular weight excluding hydrogens is 314 g/mol. The van der Waals surface area contributed by atoms with E-state index in [9.17, 15) is 20.0 Å². The van der Waals surface area contributed by atoms with Gasteiger partial charge in [0.2, 0.25) is 0 Å². The lowest BCUT2D eigenvalue weighted by Crippen LogP contribution is -1.96. The first-order valence-corrected chi connectivity index (χ1v) is 6.81. The van der Waals surface area contributed by atoms with Crippen molar-refractivity contribution in [3.05, 3.63) is 69.0 Å². The van der Waals surface area contributed by atoms with Crippen molar-refractivity contribution in [2.45, 2.75) is 0 Å². The second kappa shape index (κ2) is 6.16. The van der Waals surface area contributed by atoms with Gasteiger partial charge in [-0.15, -0.1) is 5.11 Å². The van der Waals surface area contributed by atoms with Gasteiger partial charge in [-0.1, -0.05) is 18.2 Å². The number of aromatic amines is 2. The molecule has 3 rings (SSSR count). The summed E-state index contributed by atoms with van der Waals surface area (Å²) in [6.07, 6.45) is 0. The first kappa shape index (κ1) is 15.2. The van der Waals surface area contributed by atoms with E-state index in [0.717, 1.165) is 0 Å². The van der Waals surface area contributed by atoms with E-state index in [-0.39, 0.29) is 28.5 Å². The summed E-state index contributed by atoms with van der Waals surface area (Å²) in [5, 5.41) is 33.4. The molecule has 3 aromatic rings. The van der Waals surface area contributed by atoms with Crippen molar-refractivity contribution in [2.24, 2.45) is 10.2 Å². The lowest BCUT2D eigenvalue weighted by Gasteiger charge is -2.01. The molecule has 9 nitrogen and oxygen atoms in total. The molecule has 0 spiro atoms. The number of azo groups is 1. The van der Waals surface area contributed by atoms with Gasteiger partial charge in [-0.25, -0.2) is 0 Å². The first-order chi connectivity index (χ1) is 11.6. The van der Waals surface area contributed by atoms with Gasteiger partial charge in [-0.2, -0.15) is 5.11 Å². The van der Waals surface area contributed by atoms with E-state index in [0.29, 0.717) is 5.56 Å². The summed E-state index contributed by atoms with van der Waals surface area (Å²) in [5.41, 5.74) is 0.185. The van der Waals surface area contributed by atoms with Crippen molar-refractivity contribution in [3.8, 4) is 17.0 Å². The minimum absolute atomic E-state index is 0.0282. The van der Waals surface area contributed by atoms with E-state index in [1.54, 1.807) is 18.2 Å². The highest BCUT2D eigenvalue weighted by Gasteiger charge is 2.14. The molecule has 0 radical (unpaired) electrons. The predicted octanol–water partition coefficient (Wildman–Crippen LogP) is 3.40. The molecular formula is C15H11N5O4. The van der Waals surface area contributed by atoms with E-state index in [4.69, 9.17) is 0 Å². The van der Waals surface area contributed by atoms with Crippen LogP contribution in [0.25, 0.3) is 11.3 Å². The Kier molecular flexibility index (Phi) is 3.89. The Labute approximate surface area is 134 Å². The highest BCUT2D eigenvalue weighted by Crippen LogP contribution is 2.32. The van der Waals surface area contributed by atoms with Crippen LogP contribution in [-0.4, -0.2) is 20.2 Å². The van der Waals surface area contributed by atoms with Gasteiger partial charge in [0.1, 0.15) is 5.75 Å². The van der Waals surface area contributed by atoms with Crippen LogP contribution in [0.4, 0.5) is 17.1 Å². The van der Waals surface area contributed by atoms with Gasteiger partial charge in [0.05, 0.1) is 16.3 Å². The van der Waals surface area contributed by atoms with Crippen molar-refractivity contribution in [2.75, 3.05) is 0 Å². The van der Waals surface area contributed by atoms with Crippen molar-refractivity contribution >= 4 is 17.1 Å². The van der Waals surface area contributed by atoms with Gasteiger partial charge in [0.15, 0.2) is 5.69 Å². The molecule has 0 saturated heterocycles. The number of rotatable bonds is 4. The number of nitro benzene ring substituents is 1. The van der Waals surface area contributed by atoms with Gasteiger partial charge >= 0.3 is 0 Å². The predicted molar refractivity (Wildman–Crippen MR) is 85.8 cm³/mol. The van der Waals surface area contributed by atoms with Crippen LogP contribution in [0.15, 0.2) is 63.6 Å². The molecule has 0 aliphatic heterocycles. The molecule has 24 heavy (non-hydrogen) atoms. The number of nitro groups is 1. The SMILES string of the molecule is O=c1[nH][nH]c(-c2ccccc2O)c1N=Nc1cccc([N+](=O)[O-])c1. The smallest absolute Gasteiger partial charge is 0.292 e. The van der Waals surface area contributed by atoms with Gasteiger partial charge < -0.3 is 5.11 Å². The van der Waals surface area contributed by atoms with Crippen LogP contribution < -0.4 is 5.56 Å². The van der Waals surface area contributed by atoms with Crippen LogP contribution in [0, 0.1) is 10.1 Å². The van der Waals surface area contributed by atoms with Crippen molar-refractivity contribution in [1.29, 1.82) is 0 Å². The van der Waals surface area contributed by atoms with Crippen LogP contribution in [-0.2, 0) is 0 Å².